The summed E-state index contributed by atoms with van der Waals surface area (Å²) >= 11 is 1.13. The Balaban J connectivity index is 2.00. The lowest BCUT2D eigenvalue weighted by atomic mass is 9.99. The number of thioether (sulfide) groups is 1. The number of carbonyl (C=O) groups excluding carboxylic acids is 1. The molecule has 2 atom stereocenters. The van der Waals surface area contributed by atoms with Crippen LogP contribution in [0.5, 0.6) is 0 Å². The third-order valence-electron chi connectivity index (χ3n) is 5.13. The van der Waals surface area contributed by atoms with Crippen LogP contribution in [0.25, 0.3) is 0 Å². The fourth-order valence-corrected chi connectivity index (χ4v) is 4.94. The lowest BCUT2D eigenvalue weighted by molar-refractivity contribution is -0.143. The SMILES string of the molecule is CN=C(NC#N)NCCCC1(c2ccccc2)SC(c2cc(F)ccc2F)=NN1C(=O)C(C)O. The molecule has 2 aromatic rings. The maximum atomic E-state index is 14.6. The first-order chi connectivity index (χ1) is 16.3. The van der Waals surface area contributed by atoms with Gasteiger partial charge in [0, 0.05) is 19.2 Å². The molecule has 0 radical (unpaired) electrons. The molecule has 0 aromatic heterocycles. The maximum Gasteiger partial charge on any atom is 0.272 e. The summed E-state index contributed by atoms with van der Waals surface area (Å²) in [6.45, 7) is 1.73. The first kappa shape index (κ1) is 25.1. The highest BCUT2D eigenvalue weighted by molar-refractivity contribution is 8.15. The van der Waals surface area contributed by atoms with Crippen molar-refractivity contribution in [2.45, 2.75) is 30.7 Å². The molecule has 3 rings (SSSR count). The first-order valence-electron chi connectivity index (χ1n) is 10.5. The van der Waals surface area contributed by atoms with Gasteiger partial charge in [-0.3, -0.25) is 15.1 Å². The van der Waals surface area contributed by atoms with Gasteiger partial charge in [0.2, 0.25) is 5.96 Å². The Morgan fingerprint density at radius 1 is 1.32 bits per heavy atom. The van der Waals surface area contributed by atoms with Crippen molar-refractivity contribution in [2.75, 3.05) is 13.6 Å². The standard InChI is InChI=1S/C23H24F2N6O2S/c1-15(32)21(33)31-23(16-7-4-3-5-8-16,11-6-12-28-22(27-2)29-14-26)34-20(30-31)18-13-17(24)9-10-19(18)25/h3-5,7-10,13,15,32H,6,11-12H2,1-2H3,(H2,27,28,29). The van der Waals surface area contributed by atoms with Crippen LogP contribution in [0.2, 0.25) is 0 Å². The molecule has 2 unspecified atom stereocenters. The number of carbonyl (C=O) groups is 1. The molecule has 0 saturated carbocycles. The Morgan fingerprint density at radius 2 is 2.06 bits per heavy atom. The number of rotatable bonds is 7. The van der Waals surface area contributed by atoms with Crippen LogP contribution in [0.15, 0.2) is 58.6 Å². The average molecular weight is 487 g/mol. The van der Waals surface area contributed by atoms with Gasteiger partial charge < -0.3 is 10.4 Å². The van der Waals surface area contributed by atoms with Crippen molar-refractivity contribution in [3.8, 4) is 6.19 Å². The van der Waals surface area contributed by atoms with Gasteiger partial charge >= 0.3 is 0 Å². The van der Waals surface area contributed by atoms with Gasteiger partial charge in [-0.15, -0.1) is 0 Å². The second kappa shape index (κ2) is 11.1. The van der Waals surface area contributed by atoms with Crippen LogP contribution in [-0.4, -0.2) is 46.7 Å². The van der Waals surface area contributed by atoms with Crippen LogP contribution in [0.3, 0.4) is 0 Å². The Kier molecular flexibility index (Phi) is 8.20. The number of aliphatic hydroxyl groups excluding tert-OH is 1. The predicted molar refractivity (Wildman–Crippen MR) is 126 cm³/mol. The Hall–Kier alpha value is -3.49. The van der Waals surface area contributed by atoms with Crippen LogP contribution >= 0.6 is 11.8 Å². The number of guanidine groups is 1. The summed E-state index contributed by atoms with van der Waals surface area (Å²) in [6, 6.07) is 12.1. The van der Waals surface area contributed by atoms with E-state index in [9.17, 15) is 18.7 Å². The van der Waals surface area contributed by atoms with Gasteiger partial charge in [0.1, 0.15) is 27.7 Å². The highest BCUT2D eigenvalue weighted by Crippen LogP contribution is 2.50. The van der Waals surface area contributed by atoms with Crippen LogP contribution in [0.1, 0.15) is 30.9 Å². The summed E-state index contributed by atoms with van der Waals surface area (Å²) in [4.78, 5) is 15.9. The average Bonchev–Trinajstić information content (AvgIpc) is 3.23. The minimum absolute atomic E-state index is 0.0667. The summed E-state index contributed by atoms with van der Waals surface area (Å²) in [5.41, 5.74) is 0.645. The van der Waals surface area contributed by atoms with E-state index in [-0.39, 0.29) is 10.6 Å². The van der Waals surface area contributed by atoms with Gasteiger partial charge in [-0.2, -0.15) is 10.4 Å². The minimum Gasteiger partial charge on any atom is -0.383 e. The molecule has 178 valence electrons. The molecule has 0 saturated heterocycles. The van der Waals surface area contributed by atoms with Crippen LogP contribution in [0.4, 0.5) is 8.78 Å². The predicted octanol–water partition coefficient (Wildman–Crippen LogP) is 2.86. The van der Waals surface area contributed by atoms with Gasteiger partial charge in [0.25, 0.3) is 5.91 Å². The topological polar surface area (TPSA) is 113 Å². The van der Waals surface area contributed by atoms with Gasteiger partial charge in [0.15, 0.2) is 6.19 Å². The monoisotopic (exact) mass is 486 g/mol. The van der Waals surface area contributed by atoms with Crippen LogP contribution < -0.4 is 10.6 Å². The van der Waals surface area contributed by atoms with Crippen molar-refractivity contribution in [3.63, 3.8) is 0 Å². The molecule has 3 N–H and O–H groups in total. The highest BCUT2D eigenvalue weighted by Gasteiger charge is 2.49. The lowest BCUT2D eigenvalue weighted by Crippen LogP contribution is -2.45. The van der Waals surface area contributed by atoms with Crippen molar-refractivity contribution in [3.05, 3.63) is 71.3 Å². The number of nitriles is 1. The second-order valence-electron chi connectivity index (χ2n) is 7.45. The fourth-order valence-electron chi connectivity index (χ4n) is 3.52. The van der Waals surface area contributed by atoms with E-state index in [1.165, 1.54) is 19.0 Å². The molecule has 8 nitrogen and oxygen atoms in total. The zero-order valence-corrected chi connectivity index (χ0v) is 19.4. The van der Waals surface area contributed by atoms with E-state index in [4.69, 9.17) is 5.26 Å². The van der Waals surface area contributed by atoms with Crippen molar-refractivity contribution in [1.29, 1.82) is 5.26 Å². The number of hydrazone groups is 1. The largest absolute Gasteiger partial charge is 0.383 e. The zero-order valence-electron chi connectivity index (χ0n) is 18.6. The fraction of sp³-hybridized carbons (Fsp3) is 0.304. The lowest BCUT2D eigenvalue weighted by Gasteiger charge is -2.36. The zero-order chi connectivity index (χ0) is 24.7. The van der Waals surface area contributed by atoms with Crippen LogP contribution in [0, 0.1) is 23.1 Å². The number of hydrogen-bond donors (Lipinski definition) is 3. The molecule has 1 aliphatic heterocycles. The number of nitrogens with zero attached hydrogens (tertiary/aromatic N) is 4. The molecule has 2 aromatic carbocycles. The van der Waals surface area contributed by atoms with E-state index in [2.05, 4.69) is 20.7 Å². The van der Waals surface area contributed by atoms with Crippen LogP contribution in [-0.2, 0) is 9.67 Å². The summed E-state index contributed by atoms with van der Waals surface area (Å²) in [5.74, 6) is -1.68. The van der Waals surface area contributed by atoms with Gasteiger partial charge in [-0.1, -0.05) is 42.1 Å². The molecule has 0 spiro atoms. The Bertz CT molecular complexity index is 1140. The number of aliphatic imine (C=N–C) groups is 1. The molecule has 0 bridgehead atoms. The molecule has 11 heteroatoms. The van der Waals surface area contributed by atoms with Crippen molar-refractivity contribution in [2.24, 2.45) is 10.1 Å². The Morgan fingerprint density at radius 3 is 2.71 bits per heavy atom. The molecule has 1 heterocycles. The number of amides is 1. The number of hydrogen-bond acceptors (Lipinski definition) is 6. The van der Waals surface area contributed by atoms with Crippen molar-refractivity contribution in [1.82, 2.24) is 15.6 Å². The van der Waals surface area contributed by atoms with E-state index in [1.54, 1.807) is 18.3 Å². The molecular formula is C23H24F2N6O2S. The summed E-state index contributed by atoms with van der Waals surface area (Å²) in [5, 5.41) is 30.0. The third-order valence-corrected chi connectivity index (χ3v) is 6.58. The molecule has 34 heavy (non-hydrogen) atoms. The number of benzene rings is 2. The molecule has 0 fully saturated rings. The first-order valence-corrected chi connectivity index (χ1v) is 11.3. The molecule has 1 aliphatic rings. The second-order valence-corrected chi connectivity index (χ2v) is 8.71. The van der Waals surface area contributed by atoms with Crippen molar-refractivity contribution >= 4 is 28.7 Å². The van der Waals surface area contributed by atoms with E-state index in [0.29, 0.717) is 30.9 Å². The molecular weight excluding hydrogens is 462 g/mol. The highest BCUT2D eigenvalue weighted by atomic mass is 32.2. The molecule has 0 aliphatic carbocycles. The van der Waals surface area contributed by atoms with E-state index < -0.39 is 28.5 Å². The Labute approximate surface area is 200 Å². The minimum atomic E-state index is -1.36. The summed E-state index contributed by atoms with van der Waals surface area (Å²) < 4.78 is 28.5. The quantitative estimate of drug-likeness (QED) is 0.182. The normalized spacial score (nSPS) is 18.8. The van der Waals surface area contributed by atoms with Crippen molar-refractivity contribution < 1.29 is 18.7 Å². The smallest absolute Gasteiger partial charge is 0.272 e. The number of aliphatic hydroxyl groups is 1. The summed E-state index contributed by atoms with van der Waals surface area (Å²) in [6.07, 6.45) is 1.27. The summed E-state index contributed by atoms with van der Waals surface area (Å²) in [7, 11) is 1.53. The van der Waals surface area contributed by atoms with Gasteiger partial charge in [0.05, 0.1) is 0 Å². The van der Waals surface area contributed by atoms with E-state index in [1.807, 2.05) is 18.2 Å². The van der Waals surface area contributed by atoms with Gasteiger partial charge in [-0.05, 0) is 43.5 Å². The third kappa shape index (κ3) is 5.35. The maximum absolute atomic E-state index is 14.6. The number of halogens is 2. The molecule has 1 amide bonds. The number of nitrogens with one attached hydrogen (secondary N) is 2. The van der Waals surface area contributed by atoms with E-state index >= 15 is 0 Å². The van der Waals surface area contributed by atoms with E-state index in [0.717, 1.165) is 30.0 Å². The van der Waals surface area contributed by atoms with Gasteiger partial charge in [-0.25, -0.2) is 13.8 Å².